The molecule has 0 aliphatic carbocycles. The third-order valence-corrected chi connectivity index (χ3v) is 5.55. The van der Waals surface area contributed by atoms with E-state index in [0.29, 0.717) is 36.7 Å². The van der Waals surface area contributed by atoms with Crippen LogP contribution in [0.25, 0.3) is 0 Å². The van der Waals surface area contributed by atoms with Crippen LogP contribution in [0.1, 0.15) is 40.5 Å². The molecule has 1 heterocycles. The van der Waals surface area contributed by atoms with Crippen molar-refractivity contribution in [2.75, 3.05) is 25.4 Å². The van der Waals surface area contributed by atoms with Crippen LogP contribution < -0.4 is 5.32 Å². The Morgan fingerprint density at radius 1 is 1.39 bits per heavy atom. The van der Waals surface area contributed by atoms with Crippen LogP contribution in [-0.4, -0.2) is 44.2 Å². The number of rotatable bonds is 6. The zero-order chi connectivity index (χ0) is 13.8. The van der Waals surface area contributed by atoms with Crippen molar-refractivity contribution < 1.29 is 8.42 Å². The molecular weight excluding hydrogens is 248 g/mol. The van der Waals surface area contributed by atoms with Crippen molar-refractivity contribution in [3.8, 4) is 0 Å². The number of nitrogens with zero attached hydrogens (tertiary/aromatic N) is 1. The normalized spacial score (nSPS) is 26.7. The standard InChI is InChI=1S/C13H28N2O2S/c1-5-14-13-6-8-15(10-12(13)4)18(16,17)9-7-11(2)3/h11-14H,5-10H2,1-4H3. The van der Waals surface area contributed by atoms with Gasteiger partial charge in [-0.15, -0.1) is 0 Å². The van der Waals surface area contributed by atoms with Gasteiger partial charge < -0.3 is 5.32 Å². The van der Waals surface area contributed by atoms with E-state index in [-0.39, 0.29) is 0 Å². The lowest BCUT2D eigenvalue weighted by Crippen LogP contribution is -2.50. The predicted molar refractivity (Wildman–Crippen MR) is 76.1 cm³/mol. The van der Waals surface area contributed by atoms with E-state index in [1.807, 2.05) is 0 Å². The molecule has 0 spiro atoms. The van der Waals surface area contributed by atoms with E-state index in [1.165, 1.54) is 0 Å². The first kappa shape index (κ1) is 15.9. The average molecular weight is 276 g/mol. The SMILES string of the molecule is CCNC1CCN(S(=O)(=O)CCC(C)C)CC1C. The third-order valence-electron chi connectivity index (χ3n) is 3.68. The fourth-order valence-electron chi connectivity index (χ4n) is 2.44. The van der Waals surface area contributed by atoms with E-state index < -0.39 is 10.0 Å². The third kappa shape index (κ3) is 4.52. The minimum absolute atomic E-state index is 0.295. The summed E-state index contributed by atoms with van der Waals surface area (Å²) < 4.78 is 26.1. The molecule has 108 valence electrons. The second kappa shape index (κ2) is 6.87. The molecule has 1 aliphatic heterocycles. The van der Waals surface area contributed by atoms with Crippen LogP contribution in [0.2, 0.25) is 0 Å². The Morgan fingerprint density at radius 3 is 2.56 bits per heavy atom. The fourth-order valence-corrected chi connectivity index (χ4v) is 4.31. The van der Waals surface area contributed by atoms with Crippen molar-refractivity contribution in [3.05, 3.63) is 0 Å². The summed E-state index contributed by atoms with van der Waals surface area (Å²) >= 11 is 0. The molecular formula is C13H28N2O2S. The predicted octanol–water partition coefficient (Wildman–Crippen LogP) is 1.68. The van der Waals surface area contributed by atoms with Crippen molar-refractivity contribution in [2.45, 2.75) is 46.6 Å². The lowest BCUT2D eigenvalue weighted by Gasteiger charge is -2.36. The molecule has 0 aromatic carbocycles. The van der Waals surface area contributed by atoms with E-state index in [4.69, 9.17) is 0 Å². The minimum Gasteiger partial charge on any atom is -0.314 e. The molecule has 18 heavy (non-hydrogen) atoms. The Kier molecular flexibility index (Phi) is 6.08. The summed E-state index contributed by atoms with van der Waals surface area (Å²) in [5.41, 5.74) is 0. The molecule has 0 aromatic rings. The molecule has 4 nitrogen and oxygen atoms in total. The molecule has 2 unspecified atom stereocenters. The molecule has 1 fully saturated rings. The smallest absolute Gasteiger partial charge is 0.214 e. The molecule has 5 heteroatoms. The van der Waals surface area contributed by atoms with Crippen LogP contribution in [0.4, 0.5) is 0 Å². The van der Waals surface area contributed by atoms with Gasteiger partial charge >= 0.3 is 0 Å². The number of nitrogens with one attached hydrogen (secondary N) is 1. The molecule has 0 bridgehead atoms. The van der Waals surface area contributed by atoms with Crippen molar-refractivity contribution >= 4 is 10.0 Å². The molecule has 0 aromatic heterocycles. The second-order valence-corrected chi connectivity index (χ2v) is 7.88. The van der Waals surface area contributed by atoms with E-state index in [0.717, 1.165) is 19.4 Å². The van der Waals surface area contributed by atoms with Crippen LogP contribution >= 0.6 is 0 Å². The highest BCUT2D eigenvalue weighted by Crippen LogP contribution is 2.20. The largest absolute Gasteiger partial charge is 0.314 e. The highest BCUT2D eigenvalue weighted by Gasteiger charge is 2.31. The van der Waals surface area contributed by atoms with E-state index in [2.05, 4.69) is 33.0 Å². The fraction of sp³-hybridized carbons (Fsp3) is 1.00. The summed E-state index contributed by atoms with van der Waals surface area (Å²) in [7, 11) is -3.04. The summed E-state index contributed by atoms with van der Waals surface area (Å²) in [4.78, 5) is 0. The Labute approximate surface area is 112 Å². The van der Waals surface area contributed by atoms with Gasteiger partial charge in [-0.3, -0.25) is 0 Å². The van der Waals surface area contributed by atoms with Gasteiger partial charge in [-0.05, 0) is 31.2 Å². The average Bonchev–Trinajstić information content (AvgIpc) is 2.29. The first-order chi connectivity index (χ1) is 8.36. The Hall–Kier alpha value is -0.130. The number of piperidine rings is 1. The van der Waals surface area contributed by atoms with Gasteiger partial charge in [0.25, 0.3) is 0 Å². The maximum absolute atomic E-state index is 12.2. The summed E-state index contributed by atoms with van der Waals surface area (Å²) in [6.07, 6.45) is 1.68. The van der Waals surface area contributed by atoms with Gasteiger partial charge in [-0.1, -0.05) is 27.7 Å². The first-order valence-corrected chi connectivity index (χ1v) is 8.69. The monoisotopic (exact) mass is 276 g/mol. The van der Waals surface area contributed by atoms with E-state index in [1.54, 1.807) is 4.31 Å². The van der Waals surface area contributed by atoms with Crippen LogP contribution in [0.5, 0.6) is 0 Å². The summed E-state index contributed by atoms with van der Waals surface area (Å²) in [6.45, 7) is 10.6. The number of sulfonamides is 1. The van der Waals surface area contributed by atoms with Crippen molar-refractivity contribution in [3.63, 3.8) is 0 Å². The van der Waals surface area contributed by atoms with Gasteiger partial charge in [-0.25, -0.2) is 12.7 Å². The van der Waals surface area contributed by atoms with E-state index in [9.17, 15) is 8.42 Å². The van der Waals surface area contributed by atoms with Crippen molar-refractivity contribution in [1.82, 2.24) is 9.62 Å². The molecule has 0 radical (unpaired) electrons. The Morgan fingerprint density at radius 2 is 2.06 bits per heavy atom. The lowest BCUT2D eigenvalue weighted by molar-refractivity contribution is 0.222. The zero-order valence-electron chi connectivity index (χ0n) is 12.1. The molecule has 1 saturated heterocycles. The minimum atomic E-state index is -3.04. The highest BCUT2D eigenvalue weighted by molar-refractivity contribution is 7.89. The van der Waals surface area contributed by atoms with Crippen molar-refractivity contribution in [2.24, 2.45) is 11.8 Å². The summed E-state index contributed by atoms with van der Waals surface area (Å²) in [6, 6.07) is 0.464. The molecule has 0 amide bonds. The topological polar surface area (TPSA) is 49.4 Å². The van der Waals surface area contributed by atoms with Crippen molar-refractivity contribution in [1.29, 1.82) is 0 Å². The second-order valence-electron chi connectivity index (χ2n) is 5.79. The van der Waals surface area contributed by atoms with Gasteiger partial charge in [0.15, 0.2) is 0 Å². The Balaban J connectivity index is 2.54. The van der Waals surface area contributed by atoms with Gasteiger partial charge in [0.05, 0.1) is 5.75 Å². The molecule has 0 saturated carbocycles. The summed E-state index contributed by atoms with van der Waals surface area (Å²) in [5, 5.41) is 3.43. The van der Waals surface area contributed by atoms with Gasteiger partial charge in [-0.2, -0.15) is 0 Å². The van der Waals surface area contributed by atoms with Gasteiger partial charge in [0.2, 0.25) is 10.0 Å². The molecule has 1 rings (SSSR count). The highest BCUT2D eigenvalue weighted by atomic mass is 32.2. The maximum atomic E-state index is 12.2. The van der Waals surface area contributed by atoms with Crippen LogP contribution in [0.3, 0.4) is 0 Å². The summed E-state index contributed by atoms with van der Waals surface area (Å²) in [5.74, 6) is 1.13. The van der Waals surface area contributed by atoms with Crippen LogP contribution in [-0.2, 0) is 10.0 Å². The molecule has 2 atom stereocenters. The quantitative estimate of drug-likeness (QED) is 0.803. The lowest BCUT2D eigenvalue weighted by atomic mass is 9.95. The molecule has 1 aliphatic rings. The molecule has 1 N–H and O–H groups in total. The van der Waals surface area contributed by atoms with Gasteiger partial charge in [0, 0.05) is 19.1 Å². The Bertz CT molecular complexity index is 341. The first-order valence-electron chi connectivity index (χ1n) is 7.08. The van der Waals surface area contributed by atoms with E-state index >= 15 is 0 Å². The number of hydrogen-bond donors (Lipinski definition) is 1. The zero-order valence-corrected chi connectivity index (χ0v) is 13.0. The van der Waals surface area contributed by atoms with Crippen LogP contribution in [0, 0.1) is 11.8 Å². The maximum Gasteiger partial charge on any atom is 0.214 e. The van der Waals surface area contributed by atoms with Crippen LogP contribution in [0.15, 0.2) is 0 Å². The van der Waals surface area contributed by atoms with Gasteiger partial charge in [0.1, 0.15) is 0 Å². The number of hydrogen-bond acceptors (Lipinski definition) is 3.